The molecule has 112 valence electrons. The van der Waals surface area contributed by atoms with Crippen LogP contribution < -0.4 is 5.32 Å². The minimum absolute atomic E-state index is 0.268. The lowest BCUT2D eigenvalue weighted by atomic mass is 9.91. The second kappa shape index (κ2) is 7.77. The minimum atomic E-state index is 0.268. The summed E-state index contributed by atoms with van der Waals surface area (Å²) in [4.78, 5) is 0. The predicted molar refractivity (Wildman–Crippen MR) is 94.9 cm³/mol. The number of halogens is 1. The average Bonchev–Trinajstić information content (AvgIpc) is 2.53. The summed E-state index contributed by atoms with van der Waals surface area (Å²) in [5.41, 5.74) is 5.58. The first kappa shape index (κ1) is 16.3. The van der Waals surface area contributed by atoms with Gasteiger partial charge in [-0.2, -0.15) is 0 Å². The van der Waals surface area contributed by atoms with Gasteiger partial charge in [0.15, 0.2) is 0 Å². The molecular formula is C19H24BrN. The maximum absolute atomic E-state index is 3.65. The van der Waals surface area contributed by atoms with Crippen molar-refractivity contribution < 1.29 is 0 Å². The molecule has 0 spiro atoms. The zero-order chi connectivity index (χ0) is 15.2. The molecule has 2 heteroatoms. The van der Waals surface area contributed by atoms with E-state index in [1.165, 1.54) is 22.3 Å². The molecule has 2 aromatic rings. The van der Waals surface area contributed by atoms with Gasteiger partial charge >= 0.3 is 0 Å². The number of hydrogen-bond donors (Lipinski definition) is 1. The van der Waals surface area contributed by atoms with E-state index in [9.17, 15) is 0 Å². The smallest absolute Gasteiger partial charge is 0.0579 e. The molecule has 2 aromatic carbocycles. The quantitative estimate of drug-likeness (QED) is 0.751. The highest BCUT2D eigenvalue weighted by molar-refractivity contribution is 9.10. The third-order valence-corrected chi connectivity index (χ3v) is 4.45. The van der Waals surface area contributed by atoms with Crippen molar-refractivity contribution in [2.75, 3.05) is 6.54 Å². The molecule has 0 aliphatic rings. The van der Waals surface area contributed by atoms with Crippen LogP contribution in [0.25, 0.3) is 0 Å². The van der Waals surface area contributed by atoms with E-state index >= 15 is 0 Å². The van der Waals surface area contributed by atoms with Crippen molar-refractivity contribution in [1.82, 2.24) is 5.32 Å². The monoisotopic (exact) mass is 345 g/mol. The van der Waals surface area contributed by atoms with Crippen LogP contribution in [0, 0.1) is 0 Å². The molecule has 0 bridgehead atoms. The van der Waals surface area contributed by atoms with E-state index in [0.29, 0.717) is 0 Å². The molecule has 0 amide bonds. The van der Waals surface area contributed by atoms with E-state index < -0.39 is 0 Å². The molecule has 0 saturated heterocycles. The van der Waals surface area contributed by atoms with Crippen LogP contribution in [0.4, 0.5) is 0 Å². The molecule has 0 heterocycles. The summed E-state index contributed by atoms with van der Waals surface area (Å²) in [7, 11) is 0. The minimum Gasteiger partial charge on any atom is -0.307 e. The highest BCUT2D eigenvalue weighted by Crippen LogP contribution is 2.28. The van der Waals surface area contributed by atoms with Crippen LogP contribution in [-0.2, 0) is 12.8 Å². The molecule has 1 unspecified atom stereocenters. The van der Waals surface area contributed by atoms with Gasteiger partial charge in [-0.3, -0.25) is 0 Å². The lowest BCUT2D eigenvalue weighted by Crippen LogP contribution is -2.23. The van der Waals surface area contributed by atoms with Gasteiger partial charge in [-0.05, 0) is 53.8 Å². The van der Waals surface area contributed by atoms with Gasteiger partial charge in [-0.15, -0.1) is 0 Å². The van der Waals surface area contributed by atoms with Crippen molar-refractivity contribution in [2.24, 2.45) is 0 Å². The van der Waals surface area contributed by atoms with Gasteiger partial charge in [0.05, 0.1) is 6.04 Å². The van der Waals surface area contributed by atoms with Gasteiger partial charge in [0, 0.05) is 4.47 Å². The number of nitrogens with one attached hydrogen (secondary N) is 1. The molecule has 0 aliphatic heterocycles. The molecule has 0 fully saturated rings. The molecule has 1 nitrogen and oxygen atoms in total. The van der Waals surface area contributed by atoms with Crippen molar-refractivity contribution >= 4 is 15.9 Å². The SMILES string of the molecule is CCNC(c1ccc(Br)cc1)c1cc(CC)ccc1CC. The van der Waals surface area contributed by atoms with E-state index in [4.69, 9.17) is 0 Å². The van der Waals surface area contributed by atoms with Gasteiger partial charge < -0.3 is 5.32 Å². The second-order valence-corrected chi connectivity index (χ2v) is 6.20. The van der Waals surface area contributed by atoms with Gasteiger partial charge in [0.1, 0.15) is 0 Å². The van der Waals surface area contributed by atoms with Crippen molar-refractivity contribution in [3.05, 3.63) is 69.2 Å². The number of benzene rings is 2. The van der Waals surface area contributed by atoms with Crippen molar-refractivity contribution in [1.29, 1.82) is 0 Å². The molecule has 0 radical (unpaired) electrons. The lowest BCUT2D eigenvalue weighted by Gasteiger charge is -2.22. The molecule has 0 aliphatic carbocycles. The highest BCUT2D eigenvalue weighted by atomic mass is 79.9. The Hall–Kier alpha value is -1.12. The summed E-state index contributed by atoms with van der Waals surface area (Å²) in [6, 6.07) is 15.8. The molecule has 21 heavy (non-hydrogen) atoms. The summed E-state index contributed by atoms with van der Waals surface area (Å²) in [5.74, 6) is 0. The van der Waals surface area contributed by atoms with Gasteiger partial charge in [0.25, 0.3) is 0 Å². The fourth-order valence-electron chi connectivity index (χ4n) is 2.72. The van der Waals surface area contributed by atoms with Crippen LogP contribution in [0.2, 0.25) is 0 Å². The summed E-state index contributed by atoms with van der Waals surface area (Å²) in [6.07, 6.45) is 2.15. The molecule has 0 saturated carbocycles. The van der Waals surface area contributed by atoms with Gasteiger partial charge in [-0.1, -0.05) is 67.0 Å². The Morgan fingerprint density at radius 2 is 1.67 bits per heavy atom. The molecule has 1 atom stereocenters. The lowest BCUT2D eigenvalue weighted by molar-refractivity contribution is 0.625. The summed E-state index contributed by atoms with van der Waals surface area (Å²) >= 11 is 3.52. The molecular weight excluding hydrogens is 322 g/mol. The fourth-order valence-corrected chi connectivity index (χ4v) is 2.99. The maximum Gasteiger partial charge on any atom is 0.0579 e. The van der Waals surface area contributed by atoms with Gasteiger partial charge in [-0.25, -0.2) is 0 Å². The average molecular weight is 346 g/mol. The Labute approximate surface area is 136 Å². The Bertz CT molecular complexity index is 575. The normalized spacial score (nSPS) is 12.4. The van der Waals surface area contributed by atoms with Crippen molar-refractivity contribution in [3.63, 3.8) is 0 Å². The Morgan fingerprint density at radius 1 is 0.952 bits per heavy atom. The highest BCUT2D eigenvalue weighted by Gasteiger charge is 2.16. The third-order valence-electron chi connectivity index (χ3n) is 3.92. The standard InChI is InChI=1S/C19H24BrN/c1-4-14-7-8-15(5-2)18(13-14)19(21-6-3)16-9-11-17(20)12-10-16/h7-13,19,21H,4-6H2,1-3H3. The predicted octanol–water partition coefficient (Wildman–Crippen LogP) is 5.27. The molecule has 0 aromatic heterocycles. The summed E-state index contributed by atoms with van der Waals surface area (Å²) < 4.78 is 1.12. The first-order valence-electron chi connectivity index (χ1n) is 7.80. The number of aryl methyl sites for hydroxylation is 2. The second-order valence-electron chi connectivity index (χ2n) is 5.28. The zero-order valence-corrected chi connectivity index (χ0v) is 14.7. The fraction of sp³-hybridized carbons (Fsp3) is 0.368. The van der Waals surface area contributed by atoms with Crippen LogP contribution in [0.1, 0.15) is 49.1 Å². The molecule has 1 N–H and O–H groups in total. The maximum atomic E-state index is 3.65. The van der Waals surface area contributed by atoms with E-state index in [0.717, 1.165) is 23.9 Å². The topological polar surface area (TPSA) is 12.0 Å². The zero-order valence-electron chi connectivity index (χ0n) is 13.1. The Kier molecular flexibility index (Phi) is 6.01. The molecule has 2 rings (SSSR count). The summed E-state index contributed by atoms with van der Waals surface area (Å²) in [6.45, 7) is 7.57. The Morgan fingerprint density at radius 3 is 2.24 bits per heavy atom. The van der Waals surface area contributed by atoms with Crippen molar-refractivity contribution in [3.8, 4) is 0 Å². The Balaban J connectivity index is 2.48. The summed E-state index contributed by atoms with van der Waals surface area (Å²) in [5, 5.41) is 3.65. The van der Waals surface area contributed by atoms with E-state index in [-0.39, 0.29) is 6.04 Å². The number of hydrogen-bond acceptors (Lipinski definition) is 1. The largest absolute Gasteiger partial charge is 0.307 e. The third kappa shape index (κ3) is 3.96. The van der Waals surface area contributed by atoms with Gasteiger partial charge in [0.2, 0.25) is 0 Å². The number of rotatable bonds is 6. The van der Waals surface area contributed by atoms with Crippen LogP contribution >= 0.6 is 15.9 Å². The van der Waals surface area contributed by atoms with Crippen molar-refractivity contribution in [2.45, 2.75) is 39.7 Å². The van der Waals surface area contributed by atoms with Crippen LogP contribution in [0.5, 0.6) is 0 Å². The van der Waals surface area contributed by atoms with E-state index in [1.54, 1.807) is 0 Å². The first-order chi connectivity index (χ1) is 10.2. The van der Waals surface area contributed by atoms with Crippen LogP contribution in [0.3, 0.4) is 0 Å². The van der Waals surface area contributed by atoms with Crippen LogP contribution in [-0.4, -0.2) is 6.54 Å². The van der Waals surface area contributed by atoms with Crippen LogP contribution in [0.15, 0.2) is 46.9 Å². The van der Waals surface area contributed by atoms with E-state index in [1.807, 2.05) is 0 Å². The van der Waals surface area contributed by atoms with E-state index in [2.05, 4.69) is 84.5 Å². The first-order valence-corrected chi connectivity index (χ1v) is 8.59.